The Morgan fingerprint density at radius 1 is 1.58 bits per heavy atom. The highest BCUT2D eigenvalue weighted by Gasteiger charge is 2.48. The predicted octanol–water partition coefficient (Wildman–Crippen LogP) is 2.22. The molecule has 5 heteroatoms. The molecule has 4 nitrogen and oxygen atoms in total. The molecule has 2 rings (SSSR count). The van der Waals surface area contributed by atoms with Gasteiger partial charge in [0.2, 0.25) is 0 Å². The van der Waals surface area contributed by atoms with Gasteiger partial charge in [0.05, 0.1) is 19.8 Å². The van der Waals surface area contributed by atoms with E-state index >= 15 is 0 Å². The lowest BCUT2D eigenvalue weighted by atomic mass is 9.77. The molecular weight excluding hydrogens is 264 g/mol. The smallest absolute Gasteiger partial charge is 0.322 e. The Morgan fingerprint density at radius 2 is 2.42 bits per heavy atom. The number of carbonyl (C=O) groups excluding carboxylic acids is 2. The molecule has 1 aromatic rings. The molecule has 1 atom stereocenters. The first kappa shape index (κ1) is 14.2. The van der Waals surface area contributed by atoms with E-state index in [0.29, 0.717) is 25.9 Å². The minimum atomic E-state index is -1.10. The van der Waals surface area contributed by atoms with E-state index in [1.54, 1.807) is 18.3 Å². The number of hydrogen-bond acceptors (Lipinski definition) is 5. The van der Waals surface area contributed by atoms with Crippen LogP contribution in [0.4, 0.5) is 0 Å². The molecule has 0 aliphatic carbocycles. The van der Waals surface area contributed by atoms with Crippen LogP contribution in [-0.2, 0) is 25.5 Å². The van der Waals surface area contributed by atoms with Crippen molar-refractivity contribution in [3.05, 3.63) is 22.4 Å². The number of esters is 1. The predicted molar refractivity (Wildman–Crippen MR) is 72.1 cm³/mol. The fraction of sp³-hybridized carbons (Fsp3) is 0.571. The van der Waals surface area contributed by atoms with E-state index in [-0.39, 0.29) is 19.0 Å². The van der Waals surface area contributed by atoms with Crippen LogP contribution in [0.5, 0.6) is 0 Å². The molecule has 0 spiro atoms. The van der Waals surface area contributed by atoms with Gasteiger partial charge in [-0.15, -0.1) is 11.3 Å². The first-order valence-electron chi connectivity index (χ1n) is 6.49. The zero-order chi connectivity index (χ0) is 13.7. The Labute approximate surface area is 116 Å². The highest BCUT2D eigenvalue weighted by atomic mass is 32.1. The van der Waals surface area contributed by atoms with Crippen molar-refractivity contribution in [2.45, 2.75) is 26.2 Å². The molecule has 1 aliphatic rings. The van der Waals surface area contributed by atoms with E-state index < -0.39 is 11.4 Å². The lowest BCUT2D eigenvalue weighted by molar-refractivity contribution is -0.169. The Balaban J connectivity index is 2.13. The Hall–Kier alpha value is -1.20. The number of Topliss-reactive ketones (excluding diaryl/α,β-unsaturated/α-hetero) is 1. The summed E-state index contributed by atoms with van der Waals surface area (Å²) in [6.07, 6.45) is 1.46. The van der Waals surface area contributed by atoms with Crippen LogP contribution in [0.2, 0.25) is 0 Å². The molecule has 1 aromatic heterocycles. The molecule has 1 aliphatic heterocycles. The SMILES string of the molecule is CCOC(=O)C1(CCc2cccs2)COCCC1=O. The summed E-state index contributed by atoms with van der Waals surface area (Å²) >= 11 is 1.63. The summed E-state index contributed by atoms with van der Waals surface area (Å²) < 4.78 is 10.5. The van der Waals surface area contributed by atoms with Gasteiger partial charge < -0.3 is 9.47 Å². The molecule has 19 heavy (non-hydrogen) atoms. The van der Waals surface area contributed by atoms with Crippen molar-refractivity contribution in [3.8, 4) is 0 Å². The van der Waals surface area contributed by atoms with Crippen molar-refractivity contribution in [2.75, 3.05) is 19.8 Å². The summed E-state index contributed by atoms with van der Waals surface area (Å²) in [6, 6.07) is 3.98. The second-order valence-corrected chi connectivity index (χ2v) is 5.64. The second-order valence-electron chi connectivity index (χ2n) is 4.61. The number of hydrogen-bond donors (Lipinski definition) is 0. The molecular formula is C14H18O4S. The van der Waals surface area contributed by atoms with Crippen molar-refractivity contribution in [3.63, 3.8) is 0 Å². The molecule has 0 saturated carbocycles. The van der Waals surface area contributed by atoms with Crippen molar-refractivity contribution >= 4 is 23.1 Å². The van der Waals surface area contributed by atoms with Gasteiger partial charge in [0.15, 0.2) is 5.78 Å². The van der Waals surface area contributed by atoms with Gasteiger partial charge in [-0.1, -0.05) is 6.07 Å². The first-order valence-corrected chi connectivity index (χ1v) is 7.37. The number of thiophene rings is 1. The summed E-state index contributed by atoms with van der Waals surface area (Å²) in [6.45, 7) is 2.58. The molecule has 0 radical (unpaired) electrons. The quantitative estimate of drug-likeness (QED) is 0.614. The maximum atomic E-state index is 12.2. The van der Waals surface area contributed by atoms with Crippen LogP contribution >= 0.6 is 11.3 Å². The van der Waals surface area contributed by atoms with Crippen LogP contribution < -0.4 is 0 Å². The van der Waals surface area contributed by atoms with E-state index in [1.165, 1.54) is 4.88 Å². The summed E-state index contributed by atoms with van der Waals surface area (Å²) in [7, 11) is 0. The third-order valence-corrected chi connectivity index (χ3v) is 4.34. The van der Waals surface area contributed by atoms with Gasteiger partial charge in [0.25, 0.3) is 0 Å². The lowest BCUT2D eigenvalue weighted by Crippen LogP contribution is -2.48. The number of ether oxygens (including phenoxy) is 2. The van der Waals surface area contributed by atoms with Gasteiger partial charge in [-0.05, 0) is 31.2 Å². The molecule has 0 amide bonds. The minimum absolute atomic E-state index is 0.0474. The zero-order valence-corrected chi connectivity index (χ0v) is 11.8. The van der Waals surface area contributed by atoms with Crippen molar-refractivity contribution in [1.29, 1.82) is 0 Å². The largest absolute Gasteiger partial charge is 0.465 e. The molecule has 1 saturated heterocycles. The average molecular weight is 282 g/mol. The zero-order valence-electron chi connectivity index (χ0n) is 11.0. The third-order valence-electron chi connectivity index (χ3n) is 3.40. The van der Waals surface area contributed by atoms with Gasteiger partial charge in [0, 0.05) is 11.3 Å². The Morgan fingerprint density at radius 3 is 3.05 bits per heavy atom. The number of aryl methyl sites for hydroxylation is 1. The fourth-order valence-corrected chi connectivity index (χ4v) is 2.99. The van der Waals surface area contributed by atoms with Gasteiger partial charge >= 0.3 is 5.97 Å². The summed E-state index contributed by atoms with van der Waals surface area (Å²) in [5.41, 5.74) is -1.10. The van der Waals surface area contributed by atoms with Gasteiger partial charge in [0.1, 0.15) is 5.41 Å². The van der Waals surface area contributed by atoms with Crippen LogP contribution in [-0.4, -0.2) is 31.6 Å². The maximum Gasteiger partial charge on any atom is 0.322 e. The van der Waals surface area contributed by atoms with Crippen molar-refractivity contribution in [1.82, 2.24) is 0 Å². The normalized spacial score (nSPS) is 23.3. The second kappa shape index (κ2) is 6.30. The molecule has 0 aromatic carbocycles. The number of carbonyl (C=O) groups is 2. The van der Waals surface area contributed by atoms with Gasteiger partial charge in [-0.25, -0.2) is 0 Å². The summed E-state index contributed by atoms with van der Waals surface area (Å²) in [5, 5.41) is 1.99. The van der Waals surface area contributed by atoms with Crippen LogP contribution in [0, 0.1) is 5.41 Å². The van der Waals surface area contributed by atoms with Crippen molar-refractivity contribution in [2.24, 2.45) is 5.41 Å². The molecule has 1 fully saturated rings. The molecule has 0 bridgehead atoms. The van der Waals surface area contributed by atoms with Gasteiger partial charge in [-0.3, -0.25) is 9.59 Å². The lowest BCUT2D eigenvalue weighted by Gasteiger charge is -2.33. The monoisotopic (exact) mass is 282 g/mol. The highest BCUT2D eigenvalue weighted by molar-refractivity contribution is 7.09. The first-order chi connectivity index (χ1) is 9.19. The maximum absolute atomic E-state index is 12.2. The van der Waals surface area contributed by atoms with Crippen molar-refractivity contribution < 1.29 is 19.1 Å². The van der Waals surface area contributed by atoms with Crippen LogP contribution in [0.25, 0.3) is 0 Å². The molecule has 0 N–H and O–H groups in total. The molecule has 1 unspecified atom stereocenters. The van der Waals surface area contributed by atoms with E-state index in [1.807, 2.05) is 17.5 Å². The van der Waals surface area contributed by atoms with E-state index in [9.17, 15) is 9.59 Å². The van der Waals surface area contributed by atoms with Crippen LogP contribution in [0.15, 0.2) is 17.5 Å². The number of rotatable bonds is 5. The van der Waals surface area contributed by atoms with E-state index in [2.05, 4.69) is 0 Å². The topological polar surface area (TPSA) is 52.6 Å². The van der Waals surface area contributed by atoms with E-state index in [0.717, 1.165) is 0 Å². The molecule has 104 valence electrons. The van der Waals surface area contributed by atoms with Gasteiger partial charge in [-0.2, -0.15) is 0 Å². The number of ketones is 1. The Kier molecular flexibility index (Phi) is 4.71. The third kappa shape index (κ3) is 3.04. The fourth-order valence-electron chi connectivity index (χ4n) is 2.28. The highest BCUT2D eigenvalue weighted by Crippen LogP contribution is 2.33. The average Bonchev–Trinajstić information content (AvgIpc) is 2.91. The van der Waals surface area contributed by atoms with E-state index in [4.69, 9.17) is 9.47 Å². The minimum Gasteiger partial charge on any atom is -0.465 e. The van der Waals surface area contributed by atoms with Crippen LogP contribution in [0.1, 0.15) is 24.6 Å². The standard InChI is InChI=1S/C14H18O4S/c1-2-18-13(16)14(10-17-8-6-12(14)15)7-5-11-4-3-9-19-11/h3-4,9H,2,5-8,10H2,1H3. The Bertz CT molecular complexity index is 440. The molecule has 2 heterocycles. The summed E-state index contributed by atoms with van der Waals surface area (Å²) in [5.74, 6) is -0.481. The summed E-state index contributed by atoms with van der Waals surface area (Å²) in [4.78, 5) is 25.6. The van der Waals surface area contributed by atoms with Crippen LogP contribution in [0.3, 0.4) is 0 Å².